The maximum absolute atomic E-state index is 13.1. The van der Waals surface area contributed by atoms with Crippen LogP contribution in [0.25, 0.3) is 11.3 Å². The van der Waals surface area contributed by atoms with Crippen molar-refractivity contribution in [2.75, 3.05) is 20.7 Å². The number of rotatable bonds is 8. The lowest BCUT2D eigenvalue weighted by Crippen LogP contribution is -2.31. The molecule has 0 saturated heterocycles. The van der Waals surface area contributed by atoms with Crippen LogP contribution in [0.5, 0.6) is 5.75 Å². The van der Waals surface area contributed by atoms with Crippen LogP contribution in [0.3, 0.4) is 0 Å². The van der Waals surface area contributed by atoms with Crippen molar-refractivity contribution < 1.29 is 14.3 Å². The van der Waals surface area contributed by atoms with Crippen LogP contribution in [0.15, 0.2) is 54.7 Å². The molecule has 0 fully saturated rings. The minimum Gasteiger partial charge on any atom is -0.496 e. The Kier molecular flexibility index (Phi) is 6.16. The van der Waals surface area contributed by atoms with Crippen LogP contribution in [0.1, 0.15) is 28.3 Å². The Bertz CT molecular complexity index is 926. The number of nitrogens with zero attached hydrogens (tertiary/aromatic N) is 3. The summed E-state index contributed by atoms with van der Waals surface area (Å²) in [5, 5.41) is 10.4. The molecule has 1 heterocycles. The van der Waals surface area contributed by atoms with E-state index in [4.69, 9.17) is 4.74 Å². The Morgan fingerprint density at radius 2 is 2.04 bits per heavy atom. The van der Waals surface area contributed by atoms with Gasteiger partial charge in [-0.15, -0.1) is 0 Å². The van der Waals surface area contributed by atoms with E-state index in [0.717, 1.165) is 17.4 Å². The van der Waals surface area contributed by atoms with Gasteiger partial charge in [-0.25, -0.2) is 0 Å². The number of H-pyrrole nitrogens is 1. The molecule has 0 aliphatic heterocycles. The van der Waals surface area contributed by atoms with Gasteiger partial charge in [-0.3, -0.25) is 4.79 Å². The minimum atomic E-state index is -0.186. The van der Waals surface area contributed by atoms with E-state index in [9.17, 15) is 9.59 Å². The molecule has 1 amide bonds. The van der Waals surface area contributed by atoms with Crippen molar-refractivity contribution in [3.8, 4) is 17.0 Å². The van der Waals surface area contributed by atoms with E-state index in [1.54, 1.807) is 30.3 Å². The van der Waals surface area contributed by atoms with Crippen molar-refractivity contribution in [2.24, 2.45) is 0 Å². The summed E-state index contributed by atoms with van der Waals surface area (Å²) in [6, 6.07) is 15.0. The first-order valence-corrected chi connectivity index (χ1v) is 8.92. The van der Waals surface area contributed by atoms with Crippen LogP contribution < -0.4 is 4.74 Å². The second kappa shape index (κ2) is 8.94. The van der Waals surface area contributed by atoms with Gasteiger partial charge in [-0.05, 0) is 23.8 Å². The number of likely N-dealkylation sites (N-methyl/N-ethyl adjacent to an activating group) is 1. The Morgan fingerprint density at radius 1 is 1.25 bits per heavy atom. The summed E-state index contributed by atoms with van der Waals surface area (Å²) in [4.78, 5) is 25.9. The molecule has 0 saturated carbocycles. The van der Waals surface area contributed by atoms with Gasteiger partial charge in [0.1, 0.15) is 17.7 Å². The highest BCUT2D eigenvalue weighted by atomic mass is 16.5. The maximum Gasteiger partial charge on any atom is 0.257 e. The van der Waals surface area contributed by atoms with Crippen molar-refractivity contribution in [3.05, 3.63) is 65.9 Å². The summed E-state index contributed by atoms with van der Waals surface area (Å²) in [7, 11) is 3.26. The summed E-state index contributed by atoms with van der Waals surface area (Å²) >= 11 is 0. The molecule has 7 heteroatoms. The van der Waals surface area contributed by atoms with Crippen LogP contribution >= 0.6 is 0 Å². The fraction of sp³-hybridized carbons (Fsp3) is 0.238. The normalized spacial score (nSPS) is 11.6. The smallest absolute Gasteiger partial charge is 0.257 e. The highest BCUT2D eigenvalue weighted by Crippen LogP contribution is 2.27. The van der Waals surface area contributed by atoms with Gasteiger partial charge in [0, 0.05) is 31.5 Å². The molecule has 1 N–H and O–H groups in total. The number of aromatic nitrogens is 3. The monoisotopic (exact) mass is 378 g/mol. The number of amides is 1. The predicted octanol–water partition coefficient (Wildman–Crippen LogP) is 2.93. The lowest BCUT2D eigenvalue weighted by Gasteiger charge is -2.24. The molecular formula is C21H22N4O3. The molecule has 1 atom stereocenters. The van der Waals surface area contributed by atoms with Gasteiger partial charge in [0.25, 0.3) is 5.91 Å². The van der Waals surface area contributed by atoms with Gasteiger partial charge < -0.3 is 14.4 Å². The third-order valence-corrected chi connectivity index (χ3v) is 4.63. The first-order chi connectivity index (χ1) is 13.6. The molecule has 0 spiro atoms. The number of hydrogen-bond acceptors (Lipinski definition) is 5. The Morgan fingerprint density at radius 3 is 2.68 bits per heavy atom. The zero-order valence-corrected chi connectivity index (χ0v) is 15.8. The standard InChI is InChI=1S/C21H22N4O3/c1-25(14-17(10-11-26)15-6-4-3-5-7-15)21(27)18-12-16(8-9-20(18)28-2)19-13-22-24-23-19/h3-9,11-13,17H,10,14H2,1-2H3,(H,22,23,24). The zero-order chi connectivity index (χ0) is 19.9. The number of methoxy groups -OCH3 is 1. The van der Waals surface area contributed by atoms with Crippen molar-refractivity contribution in [2.45, 2.75) is 12.3 Å². The molecule has 3 aromatic rings. The van der Waals surface area contributed by atoms with Gasteiger partial charge >= 0.3 is 0 Å². The van der Waals surface area contributed by atoms with Gasteiger partial charge in [-0.2, -0.15) is 15.4 Å². The van der Waals surface area contributed by atoms with Crippen molar-refractivity contribution in [3.63, 3.8) is 0 Å². The van der Waals surface area contributed by atoms with Crippen LogP contribution in [0.4, 0.5) is 0 Å². The Hall–Kier alpha value is -3.48. The van der Waals surface area contributed by atoms with Gasteiger partial charge in [0.15, 0.2) is 0 Å². The number of hydrogen-bond donors (Lipinski definition) is 1. The molecule has 144 valence electrons. The Balaban J connectivity index is 1.85. The second-order valence-electron chi connectivity index (χ2n) is 6.47. The van der Waals surface area contributed by atoms with E-state index >= 15 is 0 Å². The SMILES string of the molecule is COc1ccc(-c2cn[nH]n2)cc1C(=O)N(C)CC(CC=O)c1ccccc1. The minimum absolute atomic E-state index is 0.0719. The quantitative estimate of drug-likeness (QED) is 0.609. The van der Waals surface area contributed by atoms with Crippen molar-refractivity contribution in [1.29, 1.82) is 0 Å². The van der Waals surface area contributed by atoms with Gasteiger partial charge in [-0.1, -0.05) is 30.3 Å². The third kappa shape index (κ3) is 4.25. The number of carbonyl (C=O) groups is 2. The average Bonchev–Trinajstić information content (AvgIpc) is 3.28. The predicted molar refractivity (Wildman–Crippen MR) is 105 cm³/mol. The van der Waals surface area contributed by atoms with E-state index in [2.05, 4.69) is 15.4 Å². The summed E-state index contributed by atoms with van der Waals surface area (Å²) < 4.78 is 5.38. The fourth-order valence-electron chi connectivity index (χ4n) is 3.15. The molecule has 0 aliphatic rings. The molecule has 3 rings (SSSR count). The fourth-order valence-corrected chi connectivity index (χ4v) is 3.15. The van der Waals surface area contributed by atoms with E-state index < -0.39 is 0 Å². The first kappa shape index (κ1) is 19.3. The molecule has 0 radical (unpaired) electrons. The van der Waals surface area contributed by atoms with Crippen molar-refractivity contribution >= 4 is 12.2 Å². The molecule has 1 aromatic heterocycles. The second-order valence-corrected chi connectivity index (χ2v) is 6.47. The summed E-state index contributed by atoms with van der Waals surface area (Å²) in [6.07, 6.45) is 2.83. The molecule has 1 unspecified atom stereocenters. The molecule has 28 heavy (non-hydrogen) atoms. The van der Waals surface area contributed by atoms with E-state index in [-0.39, 0.29) is 11.8 Å². The number of aldehydes is 1. The third-order valence-electron chi connectivity index (χ3n) is 4.63. The average molecular weight is 378 g/mol. The van der Waals surface area contributed by atoms with E-state index in [1.807, 2.05) is 36.4 Å². The molecular weight excluding hydrogens is 356 g/mol. The van der Waals surface area contributed by atoms with Gasteiger partial charge in [0.05, 0.1) is 18.9 Å². The number of carbonyl (C=O) groups excluding carboxylic acids is 2. The number of ether oxygens (including phenoxy) is 1. The highest BCUT2D eigenvalue weighted by Gasteiger charge is 2.22. The largest absolute Gasteiger partial charge is 0.496 e. The molecule has 0 aliphatic carbocycles. The molecule has 0 bridgehead atoms. The topological polar surface area (TPSA) is 88.2 Å². The summed E-state index contributed by atoms with van der Waals surface area (Å²) in [5.41, 5.74) is 2.86. The molecule has 7 nitrogen and oxygen atoms in total. The van der Waals surface area contributed by atoms with E-state index in [1.165, 1.54) is 7.11 Å². The number of benzene rings is 2. The van der Waals surface area contributed by atoms with Gasteiger partial charge in [0.2, 0.25) is 0 Å². The van der Waals surface area contributed by atoms with E-state index in [0.29, 0.717) is 30.0 Å². The van der Waals surface area contributed by atoms with Crippen molar-refractivity contribution in [1.82, 2.24) is 20.3 Å². The van der Waals surface area contributed by atoms with Crippen LogP contribution in [0.2, 0.25) is 0 Å². The molecule has 2 aromatic carbocycles. The van der Waals surface area contributed by atoms with Crippen LogP contribution in [0, 0.1) is 0 Å². The summed E-state index contributed by atoms with van der Waals surface area (Å²) in [6.45, 7) is 0.416. The first-order valence-electron chi connectivity index (χ1n) is 8.92. The Labute approximate surface area is 163 Å². The lowest BCUT2D eigenvalue weighted by molar-refractivity contribution is -0.108. The number of nitrogens with one attached hydrogen (secondary N) is 1. The summed E-state index contributed by atoms with van der Waals surface area (Å²) in [5.74, 6) is 0.224. The highest BCUT2D eigenvalue weighted by molar-refractivity contribution is 5.98. The van der Waals surface area contributed by atoms with Crippen LogP contribution in [-0.2, 0) is 4.79 Å². The lowest BCUT2D eigenvalue weighted by atomic mass is 9.95. The number of aromatic amines is 1. The zero-order valence-electron chi connectivity index (χ0n) is 15.8. The maximum atomic E-state index is 13.1. The van der Waals surface area contributed by atoms with Crippen LogP contribution in [-0.4, -0.2) is 53.2 Å².